The second-order valence-corrected chi connectivity index (χ2v) is 3.03. The van der Waals surface area contributed by atoms with E-state index >= 15 is 0 Å². The number of hydrogen-bond acceptors (Lipinski definition) is 2. The number of carboxylic acid groups (broad SMARTS) is 1. The number of Topliss-reactive ketones (excluding diaryl/α,β-unsaturated/α-hetero) is 1. The first-order chi connectivity index (χ1) is 4.59. The number of alkyl halides is 1. The third-order valence-corrected chi connectivity index (χ3v) is 1.91. The van der Waals surface area contributed by atoms with Crippen LogP contribution in [0.15, 0.2) is 0 Å². The molecule has 0 rings (SSSR count). The van der Waals surface area contributed by atoms with Crippen LogP contribution < -0.4 is 0 Å². The molecule has 0 saturated heterocycles. The normalized spacial score (nSPS) is 12.6. The lowest BCUT2D eigenvalue weighted by Crippen LogP contribution is -2.22. The first-order valence-electron chi connectivity index (χ1n) is 3.00. The smallest absolute Gasteiger partial charge is 0.373 e. The van der Waals surface area contributed by atoms with Crippen molar-refractivity contribution in [3.05, 3.63) is 0 Å². The topological polar surface area (TPSA) is 54.4 Å². The van der Waals surface area contributed by atoms with E-state index < -0.39 is 16.6 Å². The predicted molar refractivity (Wildman–Crippen MR) is 40.3 cm³/mol. The number of ketones is 1. The summed E-state index contributed by atoms with van der Waals surface area (Å²) in [5.41, 5.74) is 0. The summed E-state index contributed by atoms with van der Waals surface area (Å²) in [6.45, 7) is 1.89. The number of carboxylic acids is 1. The number of carbonyl (C=O) groups excluding carboxylic acids is 1. The summed E-state index contributed by atoms with van der Waals surface area (Å²) in [6, 6.07) is 0. The van der Waals surface area contributed by atoms with Crippen LogP contribution in [0.1, 0.15) is 19.8 Å². The van der Waals surface area contributed by atoms with Gasteiger partial charge in [-0.1, -0.05) is 29.3 Å². The van der Waals surface area contributed by atoms with Crippen molar-refractivity contribution in [1.82, 2.24) is 0 Å². The van der Waals surface area contributed by atoms with E-state index in [9.17, 15) is 9.59 Å². The van der Waals surface area contributed by atoms with E-state index in [1.54, 1.807) is 0 Å². The number of halogens is 1. The number of aliphatic carboxylic acids is 1. The van der Waals surface area contributed by atoms with Gasteiger partial charge in [-0.05, 0) is 6.42 Å². The SMILES string of the molecule is CCCC(Br)C(=O)C(=O)O. The van der Waals surface area contributed by atoms with Crippen LogP contribution in [0.25, 0.3) is 0 Å². The molecule has 58 valence electrons. The van der Waals surface area contributed by atoms with Gasteiger partial charge in [0.05, 0.1) is 4.83 Å². The Balaban J connectivity index is 3.82. The van der Waals surface area contributed by atoms with E-state index in [4.69, 9.17) is 5.11 Å². The third kappa shape index (κ3) is 2.96. The zero-order valence-electron chi connectivity index (χ0n) is 5.63. The Hall–Kier alpha value is -0.380. The molecule has 0 aromatic carbocycles. The highest BCUT2D eigenvalue weighted by molar-refractivity contribution is 9.10. The Morgan fingerprint density at radius 2 is 2.10 bits per heavy atom. The lowest BCUT2D eigenvalue weighted by molar-refractivity contribution is -0.148. The standard InChI is InChI=1S/C6H9BrO3/c1-2-3-4(7)5(8)6(9)10/h4H,2-3H2,1H3,(H,9,10). The van der Waals surface area contributed by atoms with Gasteiger partial charge in [-0.3, -0.25) is 4.79 Å². The molecule has 0 radical (unpaired) electrons. The average molecular weight is 209 g/mol. The largest absolute Gasteiger partial charge is 0.475 e. The van der Waals surface area contributed by atoms with Crippen molar-refractivity contribution in [2.45, 2.75) is 24.6 Å². The van der Waals surface area contributed by atoms with Crippen molar-refractivity contribution in [3.8, 4) is 0 Å². The van der Waals surface area contributed by atoms with Crippen LogP contribution in [0.4, 0.5) is 0 Å². The maximum Gasteiger partial charge on any atom is 0.373 e. The predicted octanol–water partition coefficient (Wildman–Crippen LogP) is 1.20. The van der Waals surface area contributed by atoms with Crippen molar-refractivity contribution in [1.29, 1.82) is 0 Å². The summed E-state index contributed by atoms with van der Waals surface area (Å²) < 4.78 is 0. The van der Waals surface area contributed by atoms with Gasteiger partial charge < -0.3 is 5.11 Å². The van der Waals surface area contributed by atoms with Crippen LogP contribution >= 0.6 is 15.9 Å². The van der Waals surface area contributed by atoms with Gasteiger partial charge in [0.25, 0.3) is 5.78 Å². The molecule has 3 nitrogen and oxygen atoms in total. The fourth-order valence-electron chi connectivity index (χ4n) is 0.519. The van der Waals surface area contributed by atoms with E-state index in [0.29, 0.717) is 6.42 Å². The van der Waals surface area contributed by atoms with Gasteiger partial charge >= 0.3 is 5.97 Å². The molecule has 0 aliphatic heterocycles. The zero-order valence-corrected chi connectivity index (χ0v) is 7.22. The van der Waals surface area contributed by atoms with Gasteiger partial charge in [0, 0.05) is 0 Å². The minimum Gasteiger partial charge on any atom is -0.475 e. The molecule has 1 atom stereocenters. The second-order valence-electron chi connectivity index (χ2n) is 1.93. The molecule has 10 heavy (non-hydrogen) atoms. The van der Waals surface area contributed by atoms with E-state index in [-0.39, 0.29) is 0 Å². The monoisotopic (exact) mass is 208 g/mol. The molecule has 0 fully saturated rings. The molecule has 4 heteroatoms. The summed E-state index contributed by atoms with van der Waals surface area (Å²) in [4.78, 5) is 20.1. The van der Waals surface area contributed by atoms with Gasteiger partial charge in [-0.15, -0.1) is 0 Å². The highest BCUT2D eigenvalue weighted by Crippen LogP contribution is 2.08. The first kappa shape index (κ1) is 9.62. The fraction of sp³-hybridized carbons (Fsp3) is 0.667. The van der Waals surface area contributed by atoms with Crippen LogP contribution in [0.5, 0.6) is 0 Å². The summed E-state index contributed by atoms with van der Waals surface area (Å²) >= 11 is 2.97. The molecule has 1 unspecified atom stereocenters. The minimum atomic E-state index is -1.37. The molecular weight excluding hydrogens is 200 g/mol. The van der Waals surface area contributed by atoms with E-state index in [1.807, 2.05) is 6.92 Å². The van der Waals surface area contributed by atoms with Crippen LogP contribution in [-0.2, 0) is 9.59 Å². The molecular formula is C6H9BrO3. The van der Waals surface area contributed by atoms with Gasteiger partial charge in [-0.25, -0.2) is 4.79 Å². The quantitative estimate of drug-likeness (QED) is 0.559. The van der Waals surface area contributed by atoms with E-state index in [0.717, 1.165) is 6.42 Å². The van der Waals surface area contributed by atoms with Crippen molar-refractivity contribution in [3.63, 3.8) is 0 Å². The van der Waals surface area contributed by atoms with E-state index in [2.05, 4.69) is 15.9 Å². The lowest BCUT2D eigenvalue weighted by Gasteiger charge is -2.00. The fourth-order valence-corrected chi connectivity index (χ4v) is 1.17. The highest BCUT2D eigenvalue weighted by atomic mass is 79.9. The molecule has 0 amide bonds. The highest BCUT2D eigenvalue weighted by Gasteiger charge is 2.20. The third-order valence-electron chi connectivity index (χ3n) is 1.04. The van der Waals surface area contributed by atoms with Crippen molar-refractivity contribution < 1.29 is 14.7 Å². The maximum absolute atomic E-state index is 10.6. The molecule has 0 heterocycles. The van der Waals surface area contributed by atoms with Crippen molar-refractivity contribution in [2.75, 3.05) is 0 Å². The van der Waals surface area contributed by atoms with Gasteiger partial charge in [0.1, 0.15) is 0 Å². The Morgan fingerprint density at radius 1 is 1.60 bits per heavy atom. The summed E-state index contributed by atoms with van der Waals surface area (Å²) in [6.07, 6.45) is 1.38. The van der Waals surface area contributed by atoms with Gasteiger partial charge in [0.15, 0.2) is 0 Å². The summed E-state index contributed by atoms with van der Waals surface area (Å²) in [7, 11) is 0. The average Bonchev–Trinajstić information content (AvgIpc) is 1.87. The second kappa shape index (κ2) is 4.44. The molecule has 0 aliphatic rings. The Morgan fingerprint density at radius 3 is 2.40 bits per heavy atom. The Kier molecular flexibility index (Phi) is 4.27. The molecule has 0 saturated carbocycles. The Bertz CT molecular complexity index is 144. The van der Waals surface area contributed by atoms with Gasteiger partial charge in [0.2, 0.25) is 0 Å². The maximum atomic E-state index is 10.6. The van der Waals surface area contributed by atoms with Crippen molar-refractivity contribution in [2.24, 2.45) is 0 Å². The minimum absolute atomic E-state index is 0.519. The van der Waals surface area contributed by atoms with Crippen molar-refractivity contribution >= 4 is 27.7 Å². The summed E-state index contributed by atoms with van der Waals surface area (Å²) in [5.74, 6) is -2.13. The molecule has 1 N–H and O–H groups in total. The molecule has 0 aromatic heterocycles. The number of rotatable bonds is 4. The molecule has 0 bridgehead atoms. The molecule has 0 spiro atoms. The molecule has 0 aromatic rings. The van der Waals surface area contributed by atoms with Crippen LogP contribution in [0.3, 0.4) is 0 Å². The first-order valence-corrected chi connectivity index (χ1v) is 3.92. The van der Waals surface area contributed by atoms with Crippen LogP contribution in [0, 0.1) is 0 Å². The lowest BCUT2D eigenvalue weighted by atomic mass is 10.2. The zero-order chi connectivity index (χ0) is 8.15. The van der Waals surface area contributed by atoms with E-state index in [1.165, 1.54) is 0 Å². The number of carbonyl (C=O) groups is 2. The molecule has 0 aliphatic carbocycles. The number of hydrogen-bond donors (Lipinski definition) is 1. The van der Waals surface area contributed by atoms with Crippen LogP contribution in [-0.4, -0.2) is 21.7 Å². The Labute approximate surface area is 67.5 Å². The summed E-state index contributed by atoms with van der Waals surface area (Å²) in [5, 5.41) is 8.20. The van der Waals surface area contributed by atoms with Crippen LogP contribution in [0.2, 0.25) is 0 Å². The van der Waals surface area contributed by atoms with Gasteiger partial charge in [-0.2, -0.15) is 0 Å².